The fraction of sp³-hybridized carbons (Fsp3) is 0.538. The van der Waals surface area contributed by atoms with E-state index < -0.39 is 0 Å². The Hall–Kier alpha value is -1.02. The molecule has 1 saturated carbocycles. The SMILES string of the molecule is CCOc1ccc(C(O)CC2CC2)cc1. The van der Waals surface area contributed by atoms with Gasteiger partial charge in [0.2, 0.25) is 0 Å². The molecule has 0 aliphatic heterocycles. The van der Waals surface area contributed by atoms with Crippen molar-refractivity contribution in [1.29, 1.82) is 0 Å². The van der Waals surface area contributed by atoms with E-state index in [1.165, 1.54) is 12.8 Å². The molecule has 0 radical (unpaired) electrons. The van der Waals surface area contributed by atoms with E-state index in [1.807, 2.05) is 31.2 Å². The van der Waals surface area contributed by atoms with Crippen molar-refractivity contribution in [3.63, 3.8) is 0 Å². The minimum absolute atomic E-state index is 0.298. The number of hydrogen-bond acceptors (Lipinski definition) is 2. The Morgan fingerprint density at radius 1 is 1.33 bits per heavy atom. The standard InChI is InChI=1S/C13H18O2/c1-2-15-12-7-5-11(6-8-12)13(14)9-10-3-4-10/h5-8,10,13-14H,2-4,9H2,1H3. The molecule has 1 aliphatic rings. The number of aliphatic hydroxyl groups is 1. The Kier molecular flexibility index (Phi) is 3.27. The predicted molar refractivity (Wildman–Crippen MR) is 59.9 cm³/mol. The molecule has 1 fully saturated rings. The summed E-state index contributed by atoms with van der Waals surface area (Å²) in [5, 5.41) is 9.91. The van der Waals surface area contributed by atoms with Crippen molar-refractivity contribution in [2.24, 2.45) is 5.92 Å². The highest BCUT2D eigenvalue weighted by Gasteiger charge is 2.25. The Bertz CT molecular complexity index is 301. The maximum atomic E-state index is 9.91. The van der Waals surface area contributed by atoms with Crippen LogP contribution in [0.3, 0.4) is 0 Å². The summed E-state index contributed by atoms with van der Waals surface area (Å²) in [6, 6.07) is 7.76. The Labute approximate surface area is 90.9 Å². The summed E-state index contributed by atoms with van der Waals surface area (Å²) in [4.78, 5) is 0. The quantitative estimate of drug-likeness (QED) is 0.802. The summed E-state index contributed by atoms with van der Waals surface area (Å²) >= 11 is 0. The molecule has 82 valence electrons. The highest BCUT2D eigenvalue weighted by atomic mass is 16.5. The summed E-state index contributed by atoms with van der Waals surface area (Å²) in [6.07, 6.45) is 3.18. The molecule has 2 heteroatoms. The minimum Gasteiger partial charge on any atom is -0.494 e. The fourth-order valence-electron chi connectivity index (χ4n) is 1.76. The van der Waals surface area contributed by atoms with E-state index in [4.69, 9.17) is 4.74 Å². The Morgan fingerprint density at radius 3 is 2.53 bits per heavy atom. The lowest BCUT2D eigenvalue weighted by Gasteiger charge is -2.11. The molecule has 2 nitrogen and oxygen atoms in total. The molecule has 0 amide bonds. The van der Waals surface area contributed by atoms with Crippen LogP contribution in [0.2, 0.25) is 0 Å². The van der Waals surface area contributed by atoms with E-state index in [-0.39, 0.29) is 6.10 Å². The Morgan fingerprint density at radius 2 is 2.00 bits per heavy atom. The van der Waals surface area contributed by atoms with Gasteiger partial charge in [-0.3, -0.25) is 0 Å². The Balaban J connectivity index is 1.95. The van der Waals surface area contributed by atoms with Crippen LogP contribution >= 0.6 is 0 Å². The molecule has 0 bridgehead atoms. The second kappa shape index (κ2) is 4.67. The van der Waals surface area contributed by atoms with E-state index >= 15 is 0 Å². The van der Waals surface area contributed by atoms with Crippen molar-refractivity contribution in [3.05, 3.63) is 29.8 Å². The molecule has 1 N–H and O–H groups in total. The van der Waals surface area contributed by atoms with Gasteiger partial charge >= 0.3 is 0 Å². The van der Waals surface area contributed by atoms with Gasteiger partial charge < -0.3 is 9.84 Å². The lowest BCUT2D eigenvalue weighted by Crippen LogP contribution is -1.98. The number of ether oxygens (including phenoxy) is 1. The van der Waals surface area contributed by atoms with Crippen molar-refractivity contribution in [1.82, 2.24) is 0 Å². The van der Waals surface area contributed by atoms with Crippen LogP contribution in [-0.2, 0) is 0 Å². The van der Waals surface area contributed by atoms with Gasteiger partial charge in [-0.2, -0.15) is 0 Å². The molecule has 1 aliphatic carbocycles. The number of rotatable bonds is 5. The molecule has 15 heavy (non-hydrogen) atoms. The van der Waals surface area contributed by atoms with Gasteiger partial charge in [-0.05, 0) is 37.0 Å². The summed E-state index contributed by atoms with van der Waals surface area (Å²) in [5.74, 6) is 1.63. The van der Waals surface area contributed by atoms with Gasteiger partial charge in [0.25, 0.3) is 0 Å². The van der Waals surface area contributed by atoms with Crippen LogP contribution in [0.15, 0.2) is 24.3 Å². The average molecular weight is 206 g/mol. The van der Waals surface area contributed by atoms with Gasteiger partial charge in [0.1, 0.15) is 5.75 Å². The molecule has 0 heterocycles. The molecular formula is C13H18O2. The number of benzene rings is 1. The van der Waals surface area contributed by atoms with Crippen LogP contribution < -0.4 is 4.74 Å². The van der Waals surface area contributed by atoms with Crippen LogP contribution in [0, 0.1) is 5.92 Å². The van der Waals surface area contributed by atoms with E-state index in [0.717, 1.165) is 23.7 Å². The second-order valence-corrected chi connectivity index (χ2v) is 4.20. The first-order valence-corrected chi connectivity index (χ1v) is 5.70. The van der Waals surface area contributed by atoms with Gasteiger partial charge in [0.15, 0.2) is 0 Å². The molecule has 0 aromatic heterocycles. The first-order valence-electron chi connectivity index (χ1n) is 5.70. The van der Waals surface area contributed by atoms with Gasteiger partial charge in [0, 0.05) is 0 Å². The van der Waals surface area contributed by atoms with E-state index in [9.17, 15) is 5.11 Å². The van der Waals surface area contributed by atoms with Crippen molar-refractivity contribution in [2.75, 3.05) is 6.61 Å². The normalized spacial score (nSPS) is 17.5. The zero-order valence-corrected chi connectivity index (χ0v) is 9.15. The number of hydrogen-bond donors (Lipinski definition) is 1. The third kappa shape index (κ3) is 2.96. The van der Waals surface area contributed by atoms with Crippen molar-refractivity contribution >= 4 is 0 Å². The largest absolute Gasteiger partial charge is 0.494 e. The minimum atomic E-state index is -0.298. The summed E-state index contributed by atoms with van der Waals surface area (Å²) < 4.78 is 5.35. The molecular weight excluding hydrogens is 188 g/mol. The van der Waals surface area contributed by atoms with Gasteiger partial charge in [-0.25, -0.2) is 0 Å². The van der Waals surface area contributed by atoms with Crippen LogP contribution in [0.4, 0.5) is 0 Å². The summed E-state index contributed by atoms with van der Waals surface area (Å²) in [7, 11) is 0. The van der Waals surface area contributed by atoms with E-state index in [0.29, 0.717) is 6.61 Å². The molecule has 0 spiro atoms. The van der Waals surface area contributed by atoms with Crippen LogP contribution in [0.1, 0.15) is 37.9 Å². The van der Waals surface area contributed by atoms with Crippen LogP contribution in [0.25, 0.3) is 0 Å². The fourth-order valence-corrected chi connectivity index (χ4v) is 1.76. The number of aliphatic hydroxyl groups excluding tert-OH is 1. The van der Waals surface area contributed by atoms with E-state index in [2.05, 4.69) is 0 Å². The third-order valence-corrected chi connectivity index (χ3v) is 2.83. The second-order valence-electron chi connectivity index (χ2n) is 4.20. The maximum absolute atomic E-state index is 9.91. The van der Waals surface area contributed by atoms with Crippen molar-refractivity contribution in [2.45, 2.75) is 32.3 Å². The molecule has 1 atom stereocenters. The average Bonchev–Trinajstić information content (AvgIpc) is 3.03. The van der Waals surface area contributed by atoms with Crippen molar-refractivity contribution in [3.8, 4) is 5.75 Å². The third-order valence-electron chi connectivity index (χ3n) is 2.83. The van der Waals surface area contributed by atoms with Crippen LogP contribution in [-0.4, -0.2) is 11.7 Å². The van der Waals surface area contributed by atoms with Gasteiger partial charge in [0.05, 0.1) is 12.7 Å². The topological polar surface area (TPSA) is 29.5 Å². The zero-order chi connectivity index (χ0) is 10.7. The van der Waals surface area contributed by atoms with E-state index in [1.54, 1.807) is 0 Å². The molecule has 1 unspecified atom stereocenters. The molecule has 1 aromatic rings. The first-order chi connectivity index (χ1) is 7.29. The maximum Gasteiger partial charge on any atom is 0.119 e. The predicted octanol–water partition coefficient (Wildman–Crippen LogP) is 2.92. The summed E-state index contributed by atoms with van der Waals surface area (Å²) in [6.45, 7) is 2.65. The molecule has 2 rings (SSSR count). The highest BCUT2D eigenvalue weighted by Crippen LogP contribution is 2.37. The molecule has 1 aromatic carbocycles. The van der Waals surface area contributed by atoms with Crippen LogP contribution in [0.5, 0.6) is 5.75 Å². The molecule has 0 saturated heterocycles. The monoisotopic (exact) mass is 206 g/mol. The lowest BCUT2D eigenvalue weighted by atomic mass is 10.0. The zero-order valence-electron chi connectivity index (χ0n) is 9.15. The van der Waals surface area contributed by atoms with Crippen molar-refractivity contribution < 1.29 is 9.84 Å². The summed E-state index contributed by atoms with van der Waals surface area (Å²) in [5.41, 5.74) is 1.00. The van der Waals surface area contributed by atoms with Gasteiger partial charge in [-0.1, -0.05) is 25.0 Å². The smallest absolute Gasteiger partial charge is 0.119 e. The lowest BCUT2D eigenvalue weighted by molar-refractivity contribution is 0.160. The highest BCUT2D eigenvalue weighted by molar-refractivity contribution is 5.28. The van der Waals surface area contributed by atoms with Gasteiger partial charge in [-0.15, -0.1) is 0 Å². The first kappa shape index (κ1) is 10.5.